The number of aliphatic hydroxyl groups is 10. The van der Waals surface area contributed by atoms with Crippen LogP contribution in [-0.2, 0) is 139 Å². The van der Waals surface area contributed by atoms with Gasteiger partial charge in [-0.2, -0.15) is 0 Å². The average molecular weight is 1770 g/mol. The van der Waals surface area contributed by atoms with E-state index in [0.29, 0.717) is 0 Å². The summed E-state index contributed by atoms with van der Waals surface area (Å²) in [7, 11) is -30.2. The van der Waals surface area contributed by atoms with Gasteiger partial charge in [0, 0.05) is 31.1 Å². The molecule has 658 valence electrons. The molecular formula is C55H102N6O46P6. The predicted molar refractivity (Wildman–Crippen MR) is 367 cm³/mol. The van der Waals surface area contributed by atoms with Crippen LogP contribution in [-0.4, -0.2) is 350 Å². The average Bonchev–Trinajstić information content (AvgIpc) is 1.63. The third-order valence-electron chi connectivity index (χ3n) is 16.9. The molecule has 52 nitrogen and oxygen atoms in total. The Kier molecular flexibility index (Phi) is 41.0. The molecule has 113 heavy (non-hydrogen) atoms. The molecule has 4 fully saturated rings. The summed E-state index contributed by atoms with van der Waals surface area (Å²) in [6.45, 7) is -11.6. The molecule has 6 heterocycles. The van der Waals surface area contributed by atoms with Gasteiger partial charge in [-0.25, -0.2) is 37.8 Å². The number of carbonyl (C=O) groups excluding carboxylic acids is 1. The summed E-state index contributed by atoms with van der Waals surface area (Å²) >= 11 is 0. The summed E-state index contributed by atoms with van der Waals surface area (Å²) < 4.78 is 202. The van der Waals surface area contributed by atoms with Crippen molar-refractivity contribution in [3.63, 3.8) is 0 Å². The summed E-state index contributed by atoms with van der Waals surface area (Å²) in [5.41, 5.74) is 3.30. The molecule has 0 radical (unpaired) electrons. The first kappa shape index (κ1) is 99.5. The van der Waals surface area contributed by atoms with Crippen LogP contribution in [0.5, 0.6) is 0 Å². The van der Waals surface area contributed by atoms with E-state index in [4.69, 9.17) is 112 Å². The Bertz CT molecular complexity index is 3400. The van der Waals surface area contributed by atoms with Crippen LogP contribution in [0.25, 0.3) is 11.2 Å². The van der Waals surface area contributed by atoms with Gasteiger partial charge in [0.25, 0.3) is 0 Å². The Morgan fingerprint density at radius 3 is 1.41 bits per heavy atom. The molecule has 25 atom stereocenters. The highest BCUT2D eigenvalue weighted by atomic mass is 31.2. The van der Waals surface area contributed by atoms with Crippen molar-refractivity contribution >= 4 is 69.6 Å². The van der Waals surface area contributed by atoms with Gasteiger partial charge in [0.1, 0.15) is 79.0 Å². The summed E-state index contributed by atoms with van der Waals surface area (Å²) in [6.07, 6.45) is -18.5. The van der Waals surface area contributed by atoms with E-state index in [2.05, 4.69) is 20.3 Å². The SMILES string of the molecule is CC(=O)N[C@H]1C(O)[C@@H](O)C(CO)O[C@H]1OCCOP(=O)(O)OCOCC(COCOP(=O)(O)OCCO[C@@H]1OC(CO)[C@H](O)C(O)[C@@H]1C)(COCOP(=O)(O)OCCO[C@@H]1OC(CO)[C@H](O)C(O)[C@@H]1C)COP(=O)(O)OCOCC(CO)COCOP(=O)(O)O[C@H]1C[C@H](n2cnc3c(N)ncnc32)O[C@@H]1COP(=O)(O)C(C)C. The van der Waals surface area contributed by atoms with Gasteiger partial charge in [-0.1, -0.05) is 27.7 Å². The molecule has 0 saturated carbocycles. The highest BCUT2D eigenvalue weighted by molar-refractivity contribution is 7.53. The zero-order valence-electron chi connectivity index (χ0n) is 61.4. The maximum Gasteiger partial charge on any atom is 0.474 e. The normalized spacial score (nSPS) is 31.2. The third kappa shape index (κ3) is 31.9. The number of nitrogens with zero attached hydrogens (tertiary/aromatic N) is 4. The van der Waals surface area contributed by atoms with Gasteiger partial charge in [0.15, 0.2) is 64.3 Å². The molecule has 0 aromatic carbocycles. The lowest BCUT2D eigenvalue weighted by Gasteiger charge is -2.42. The van der Waals surface area contributed by atoms with E-state index in [1.54, 1.807) is 0 Å². The number of ether oxygens (including phenoxy) is 12. The monoisotopic (exact) mass is 1770 g/mol. The number of rotatable bonds is 55. The van der Waals surface area contributed by atoms with Crippen LogP contribution in [0.2, 0.25) is 0 Å². The molecule has 13 unspecified atom stereocenters. The number of nitrogens with one attached hydrogen (secondary N) is 1. The lowest BCUT2D eigenvalue weighted by molar-refractivity contribution is -0.283. The number of phosphoric acid groups is 5. The molecule has 1 amide bonds. The summed E-state index contributed by atoms with van der Waals surface area (Å²) in [4.78, 5) is 87.9. The van der Waals surface area contributed by atoms with Gasteiger partial charge in [0.05, 0.1) is 142 Å². The number of imidazole rings is 1. The van der Waals surface area contributed by atoms with E-state index in [0.717, 1.165) is 13.3 Å². The topological polar surface area (TPSA) is 737 Å². The minimum absolute atomic E-state index is 0.0353. The fourth-order valence-corrected chi connectivity index (χ4v) is 14.6. The van der Waals surface area contributed by atoms with Crippen molar-refractivity contribution in [2.24, 2.45) is 23.2 Å². The van der Waals surface area contributed by atoms with Crippen LogP contribution >= 0.6 is 46.7 Å². The smallest absolute Gasteiger partial charge is 0.396 e. The lowest BCUT2D eigenvalue weighted by Crippen LogP contribution is -2.64. The first-order valence-corrected chi connectivity index (χ1v) is 43.4. The van der Waals surface area contributed by atoms with E-state index in [1.165, 1.54) is 38.6 Å². The molecular weight excluding hydrogens is 1670 g/mol. The van der Waals surface area contributed by atoms with Crippen LogP contribution in [0.3, 0.4) is 0 Å². The second-order valence-corrected chi connectivity index (χ2v) is 35.5. The number of amides is 1. The molecule has 0 spiro atoms. The van der Waals surface area contributed by atoms with Gasteiger partial charge in [-0.05, 0) is 0 Å². The van der Waals surface area contributed by atoms with Gasteiger partial charge >= 0.3 is 46.7 Å². The van der Waals surface area contributed by atoms with Crippen LogP contribution in [0, 0.1) is 23.2 Å². The molecule has 4 aliphatic heterocycles. The number of phosphoric ester groups is 5. The van der Waals surface area contributed by atoms with Crippen LogP contribution in [0.4, 0.5) is 5.82 Å². The number of fused-ring (bicyclic) bond motifs is 1. The van der Waals surface area contributed by atoms with E-state index < -0.39 is 326 Å². The number of carbonyl (C=O) groups is 1. The van der Waals surface area contributed by atoms with E-state index in [1.807, 2.05) is 0 Å². The summed E-state index contributed by atoms with van der Waals surface area (Å²) in [5.74, 6) is -3.43. The number of hydrogen-bond donors (Lipinski definition) is 18. The largest absolute Gasteiger partial charge is 0.474 e. The highest BCUT2D eigenvalue weighted by Gasteiger charge is 2.49. The Labute approximate surface area is 644 Å². The van der Waals surface area contributed by atoms with Crippen molar-refractivity contribution in [2.45, 2.75) is 145 Å². The van der Waals surface area contributed by atoms with E-state index in [-0.39, 0.29) is 23.4 Å². The van der Waals surface area contributed by atoms with Crippen LogP contribution in [0.1, 0.15) is 47.3 Å². The van der Waals surface area contributed by atoms with Crippen molar-refractivity contribution in [3.8, 4) is 0 Å². The standard InChI is InChI=1S/C55H102N6O46P6/c1-31(2)108(73,74)96-19-40-36(12-41(103-40)61-25-59-43-50(56)57-24-58-51(43)61)107-113(83,84)102-27-86-18-35(13-62)17-85-26-98-112(81,82)97-23-55(20-87-28-99-109(75,76)93-9-6-90-52-32(3)44(67)46(69)37(14-63)104-52,21-88-29-100-110(77,78)94-10-7-91-53-33(4)45(68)47(70)38(15-64)105-53)22-89-30-101-111(79,80)95-11-8-92-54-42(60-34(5)66)49(72)48(71)39(16-65)106-54/h24-25,31-33,35-42,44-49,52-54,62-65,67-72H,6-23,26-30H2,1-5H3,(H,60,66)(H,73,74)(H,75,76)(H,77,78)(H,79,80)(H,81,82)(H,83,84)(H2,56,57,58)/t32-,33-,35?,36-,37?,38?,39?,40+,41+,42-,44?,45?,46-,47-,48-,49?,52+,53+,54+,55?/m0/s1. The van der Waals surface area contributed by atoms with Gasteiger partial charge in [0.2, 0.25) is 5.91 Å². The van der Waals surface area contributed by atoms with Crippen molar-refractivity contribution in [1.82, 2.24) is 24.8 Å². The molecule has 0 bridgehead atoms. The highest BCUT2D eigenvalue weighted by Crippen LogP contribution is 2.52. The van der Waals surface area contributed by atoms with Crippen molar-refractivity contribution in [3.05, 3.63) is 12.7 Å². The first-order chi connectivity index (χ1) is 53.1. The molecule has 4 saturated heterocycles. The molecule has 6 rings (SSSR count). The van der Waals surface area contributed by atoms with Gasteiger partial charge in [-0.15, -0.1) is 0 Å². The fraction of sp³-hybridized carbons (Fsp3) is 0.891. The Hall–Kier alpha value is -2.36. The number of hydrogen-bond acceptors (Lipinski definition) is 44. The number of aromatic nitrogens is 4. The maximum absolute atomic E-state index is 13.6. The lowest BCUT2D eigenvalue weighted by atomic mass is 9.92. The minimum Gasteiger partial charge on any atom is -0.396 e. The van der Waals surface area contributed by atoms with E-state index >= 15 is 0 Å². The number of aliphatic hydroxyl groups excluding tert-OH is 10. The molecule has 4 aliphatic rings. The quantitative estimate of drug-likeness (QED) is 0.0170. The minimum atomic E-state index is -5.44. The second kappa shape index (κ2) is 46.6. The maximum atomic E-state index is 13.6. The fourth-order valence-electron chi connectivity index (χ4n) is 10.6. The van der Waals surface area contributed by atoms with Gasteiger partial charge in [-0.3, -0.25) is 59.2 Å². The van der Waals surface area contributed by atoms with Crippen molar-refractivity contribution < 1.29 is 219 Å². The Morgan fingerprint density at radius 1 is 0.540 bits per heavy atom. The summed E-state index contributed by atoms with van der Waals surface area (Å²) in [6, 6.07) is -1.42. The predicted octanol–water partition coefficient (Wildman–Crippen LogP) is -4.05. The molecule has 19 N–H and O–H groups in total. The van der Waals surface area contributed by atoms with Crippen molar-refractivity contribution in [2.75, 3.05) is 152 Å². The first-order valence-electron chi connectivity index (χ1n) is 34.3. The molecule has 2 aromatic rings. The summed E-state index contributed by atoms with van der Waals surface area (Å²) in [5, 5.41) is 103. The van der Waals surface area contributed by atoms with Crippen LogP contribution < -0.4 is 11.1 Å². The zero-order chi connectivity index (χ0) is 83.7. The Balaban J connectivity index is 1.09. The molecule has 58 heteroatoms. The van der Waals surface area contributed by atoms with Crippen LogP contribution in [0.15, 0.2) is 12.7 Å². The Morgan fingerprint density at radius 2 is 0.965 bits per heavy atom. The third-order valence-corrected chi connectivity index (χ3v) is 23.4. The molecule has 2 aromatic heterocycles. The molecule has 0 aliphatic carbocycles. The van der Waals surface area contributed by atoms with E-state index in [9.17, 15) is 113 Å². The van der Waals surface area contributed by atoms with Gasteiger partial charge < -0.3 is 153 Å². The zero-order valence-corrected chi connectivity index (χ0v) is 66.8. The second-order valence-electron chi connectivity index (χ2n) is 25.9. The number of anilines is 1. The number of nitrogen functional groups attached to an aromatic ring is 1. The number of nitrogens with two attached hydrogens (primary N) is 1. The van der Waals surface area contributed by atoms with Crippen molar-refractivity contribution in [1.29, 1.82) is 0 Å².